The fourth-order valence-corrected chi connectivity index (χ4v) is 1.37. The van der Waals surface area contributed by atoms with E-state index in [1.54, 1.807) is 0 Å². The standard InChI is InChI=1S/C10H25N3/c1-5-8-13(4)12-7-6-10(2)9-11-3/h10-12H,5-9H2,1-4H3. The molecule has 0 heterocycles. The Morgan fingerprint density at radius 2 is 2.08 bits per heavy atom. The van der Waals surface area contributed by atoms with Gasteiger partial charge in [-0.3, -0.25) is 5.43 Å². The zero-order valence-electron chi connectivity index (χ0n) is 9.56. The van der Waals surface area contributed by atoms with E-state index in [1.807, 2.05) is 7.05 Å². The Kier molecular flexibility index (Phi) is 8.40. The van der Waals surface area contributed by atoms with Gasteiger partial charge in [0.25, 0.3) is 0 Å². The fraction of sp³-hybridized carbons (Fsp3) is 1.00. The van der Waals surface area contributed by atoms with Crippen LogP contribution in [0.3, 0.4) is 0 Å². The molecule has 0 aliphatic rings. The molecule has 0 aromatic rings. The van der Waals surface area contributed by atoms with Crippen LogP contribution in [0.1, 0.15) is 26.7 Å². The monoisotopic (exact) mass is 187 g/mol. The van der Waals surface area contributed by atoms with Gasteiger partial charge in [0.05, 0.1) is 0 Å². The molecule has 13 heavy (non-hydrogen) atoms. The smallest absolute Gasteiger partial charge is 0.0125 e. The van der Waals surface area contributed by atoms with Crippen LogP contribution >= 0.6 is 0 Å². The third kappa shape index (κ3) is 8.22. The van der Waals surface area contributed by atoms with E-state index in [1.165, 1.54) is 12.8 Å². The van der Waals surface area contributed by atoms with Gasteiger partial charge in [-0.25, -0.2) is 5.01 Å². The number of hydrazine groups is 1. The van der Waals surface area contributed by atoms with Crippen molar-refractivity contribution >= 4 is 0 Å². The molecular weight excluding hydrogens is 162 g/mol. The molecule has 1 unspecified atom stereocenters. The molecule has 0 amide bonds. The summed E-state index contributed by atoms with van der Waals surface area (Å²) in [6.45, 7) is 7.79. The summed E-state index contributed by atoms with van der Waals surface area (Å²) in [5, 5.41) is 5.36. The largest absolute Gasteiger partial charge is 0.319 e. The lowest BCUT2D eigenvalue weighted by Gasteiger charge is -2.18. The summed E-state index contributed by atoms with van der Waals surface area (Å²) < 4.78 is 0. The number of rotatable bonds is 8. The fourth-order valence-electron chi connectivity index (χ4n) is 1.37. The molecule has 0 saturated carbocycles. The average molecular weight is 187 g/mol. The van der Waals surface area contributed by atoms with Gasteiger partial charge in [-0.05, 0) is 32.4 Å². The molecule has 3 heteroatoms. The Hall–Kier alpha value is -0.120. The van der Waals surface area contributed by atoms with Crippen molar-refractivity contribution in [3.05, 3.63) is 0 Å². The van der Waals surface area contributed by atoms with Crippen molar-refractivity contribution in [1.82, 2.24) is 15.8 Å². The molecule has 0 bridgehead atoms. The van der Waals surface area contributed by atoms with Crippen molar-refractivity contribution < 1.29 is 0 Å². The van der Waals surface area contributed by atoms with E-state index in [0.29, 0.717) is 0 Å². The molecule has 0 radical (unpaired) electrons. The zero-order valence-corrected chi connectivity index (χ0v) is 9.56. The Labute approximate surface area is 82.9 Å². The molecule has 0 aromatic carbocycles. The van der Waals surface area contributed by atoms with Crippen LogP contribution in [0.25, 0.3) is 0 Å². The van der Waals surface area contributed by atoms with Crippen molar-refractivity contribution in [3.63, 3.8) is 0 Å². The first kappa shape index (κ1) is 12.9. The zero-order chi connectivity index (χ0) is 10.1. The van der Waals surface area contributed by atoms with Crippen molar-refractivity contribution in [1.29, 1.82) is 0 Å². The molecular formula is C10H25N3. The molecule has 1 atom stereocenters. The molecule has 3 nitrogen and oxygen atoms in total. The lowest BCUT2D eigenvalue weighted by molar-refractivity contribution is 0.228. The maximum atomic E-state index is 3.38. The van der Waals surface area contributed by atoms with Gasteiger partial charge in [-0.2, -0.15) is 0 Å². The molecule has 0 aliphatic carbocycles. The van der Waals surface area contributed by atoms with E-state index in [9.17, 15) is 0 Å². The summed E-state index contributed by atoms with van der Waals surface area (Å²) in [5.74, 6) is 0.757. The van der Waals surface area contributed by atoms with E-state index in [4.69, 9.17) is 0 Å². The molecule has 0 fully saturated rings. The highest BCUT2D eigenvalue weighted by atomic mass is 15.5. The number of hydrogen-bond donors (Lipinski definition) is 2. The maximum absolute atomic E-state index is 3.38. The molecule has 0 rings (SSSR count). The van der Waals surface area contributed by atoms with Crippen LogP contribution in [0.2, 0.25) is 0 Å². The molecule has 2 N–H and O–H groups in total. The highest BCUT2D eigenvalue weighted by molar-refractivity contribution is 4.56. The number of hydrogen-bond acceptors (Lipinski definition) is 3. The van der Waals surface area contributed by atoms with Gasteiger partial charge in [-0.15, -0.1) is 0 Å². The molecule has 0 spiro atoms. The first-order valence-corrected chi connectivity index (χ1v) is 5.30. The van der Waals surface area contributed by atoms with Crippen molar-refractivity contribution in [3.8, 4) is 0 Å². The van der Waals surface area contributed by atoms with Gasteiger partial charge in [0, 0.05) is 20.1 Å². The normalized spacial score (nSPS) is 13.6. The minimum Gasteiger partial charge on any atom is -0.319 e. The third-order valence-corrected chi connectivity index (χ3v) is 2.13. The summed E-state index contributed by atoms with van der Waals surface area (Å²) in [6, 6.07) is 0. The molecule has 80 valence electrons. The van der Waals surface area contributed by atoms with Crippen LogP contribution in [0, 0.1) is 5.92 Å². The Morgan fingerprint density at radius 1 is 1.38 bits per heavy atom. The SMILES string of the molecule is CCCN(C)NCCC(C)CNC. The second-order valence-electron chi connectivity index (χ2n) is 3.78. The first-order chi connectivity index (χ1) is 6.20. The highest BCUT2D eigenvalue weighted by Gasteiger charge is 2.00. The van der Waals surface area contributed by atoms with Gasteiger partial charge >= 0.3 is 0 Å². The van der Waals surface area contributed by atoms with E-state index in [0.717, 1.165) is 25.6 Å². The van der Waals surface area contributed by atoms with Crippen LogP contribution in [-0.4, -0.2) is 38.7 Å². The minimum atomic E-state index is 0.757. The van der Waals surface area contributed by atoms with Crippen LogP contribution in [0.4, 0.5) is 0 Å². The van der Waals surface area contributed by atoms with Crippen molar-refractivity contribution in [2.45, 2.75) is 26.7 Å². The Morgan fingerprint density at radius 3 is 2.62 bits per heavy atom. The molecule has 0 saturated heterocycles. The van der Waals surface area contributed by atoms with Crippen molar-refractivity contribution in [2.24, 2.45) is 5.92 Å². The van der Waals surface area contributed by atoms with Gasteiger partial charge in [0.2, 0.25) is 0 Å². The number of nitrogens with one attached hydrogen (secondary N) is 2. The molecule has 0 aromatic heterocycles. The van der Waals surface area contributed by atoms with E-state index in [-0.39, 0.29) is 0 Å². The Balaban J connectivity index is 3.23. The second-order valence-corrected chi connectivity index (χ2v) is 3.78. The van der Waals surface area contributed by atoms with Gasteiger partial charge in [0.1, 0.15) is 0 Å². The summed E-state index contributed by atoms with van der Waals surface area (Å²) in [4.78, 5) is 0. The van der Waals surface area contributed by atoms with E-state index in [2.05, 4.69) is 36.6 Å². The van der Waals surface area contributed by atoms with Gasteiger partial charge in [0.15, 0.2) is 0 Å². The van der Waals surface area contributed by atoms with Crippen molar-refractivity contribution in [2.75, 3.05) is 33.7 Å². The Bertz CT molecular complexity index is 94.3. The second kappa shape index (κ2) is 8.48. The highest BCUT2D eigenvalue weighted by Crippen LogP contribution is 1.97. The van der Waals surface area contributed by atoms with E-state index >= 15 is 0 Å². The van der Waals surface area contributed by atoms with Crippen LogP contribution < -0.4 is 10.7 Å². The predicted octanol–water partition coefficient (Wildman–Crippen LogP) is 1.08. The van der Waals surface area contributed by atoms with Gasteiger partial charge < -0.3 is 5.32 Å². The van der Waals surface area contributed by atoms with Gasteiger partial charge in [-0.1, -0.05) is 13.8 Å². The van der Waals surface area contributed by atoms with Crippen LogP contribution in [0.5, 0.6) is 0 Å². The number of nitrogens with zero attached hydrogens (tertiary/aromatic N) is 1. The summed E-state index contributed by atoms with van der Waals surface area (Å²) in [5.41, 5.74) is 3.38. The minimum absolute atomic E-state index is 0.757. The predicted molar refractivity (Wildman–Crippen MR) is 58.6 cm³/mol. The lowest BCUT2D eigenvalue weighted by Crippen LogP contribution is -2.36. The van der Waals surface area contributed by atoms with E-state index < -0.39 is 0 Å². The topological polar surface area (TPSA) is 27.3 Å². The van der Waals surface area contributed by atoms with Crippen LogP contribution in [0.15, 0.2) is 0 Å². The first-order valence-electron chi connectivity index (χ1n) is 5.30. The summed E-state index contributed by atoms with van der Waals surface area (Å²) >= 11 is 0. The maximum Gasteiger partial charge on any atom is 0.0125 e. The third-order valence-electron chi connectivity index (χ3n) is 2.13. The quantitative estimate of drug-likeness (QED) is 0.557. The summed E-state index contributed by atoms with van der Waals surface area (Å²) in [6.07, 6.45) is 2.43. The summed E-state index contributed by atoms with van der Waals surface area (Å²) in [7, 11) is 4.11. The average Bonchev–Trinajstić information content (AvgIpc) is 2.05. The lowest BCUT2D eigenvalue weighted by atomic mass is 10.1. The molecule has 0 aliphatic heterocycles. The van der Waals surface area contributed by atoms with Crippen LogP contribution in [-0.2, 0) is 0 Å².